The Bertz CT molecular complexity index is 544. The van der Waals surface area contributed by atoms with Crippen LogP contribution in [0.2, 0.25) is 5.02 Å². The quantitative estimate of drug-likeness (QED) is 0.865. The summed E-state index contributed by atoms with van der Waals surface area (Å²) in [7, 11) is 0. The van der Waals surface area contributed by atoms with E-state index in [0.717, 1.165) is 12.1 Å². The minimum absolute atomic E-state index is 0.0566. The lowest BCUT2D eigenvalue weighted by Gasteiger charge is -2.47. The number of halogens is 3. The van der Waals surface area contributed by atoms with E-state index in [-0.39, 0.29) is 29.6 Å². The fraction of sp³-hybridized carbons (Fsp3) is 0.533. The van der Waals surface area contributed by atoms with Gasteiger partial charge in [-0.3, -0.25) is 4.79 Å². The van der Waals surface area contributed by atoms with E-state index in [4.69, 9.17) is 11.6 Å². The normalized spacial score (nSPS) is 29.6. The van der Waals surface area contributed by atoms with Crippen molar-refractivity contribution in [1.82, 2.24) is 4.90 Å². The van der Waals surface area contributed by atoms with Crippen molar-refractivity contribution in [2.45, 2.75) is 26.4 Å². The summed E-state index contributed by atoms with van der Waals surface area (Å²) in [5, 5.41) is 10.9. The second kappa shape index (κ2) is 5.54. The predicted octanol–water partition coefficient (Wildman–Crippen LogP) is 2.94. The number of nitrogens with zero attached hydrogens (tertiary/aromatic N) is 1. The summed E-state index contributed by atoms with van der Waals surface area (Å²) < 4.78 is 28.4. The number of likely N-dealkylation sites (tertiary alicyclic amines) is 1. The lowest BCUT2D eigenvalue weighted by molar-refractivity contribution is -0.147. The maximum absolute atomic E-state index is 14.2. The van der Waals surface area contributed by atoms with Gasteiger partial charge in [0.1, 0.15) is 17.2 Å². The van der Waals surface area contributed by atoms with Gasteiger partial charge in [0, 0.05) is 36.9 Å². The zero-order valence-electron chi connectivity index (χ0n) is 12.2. The summed E-state index contributed by atoms with van der Waals surface area (Å²) in [6.45, 7) is 5.29. The molecule has 0 aromatic heterocycles. The predicted molar refractivity (Wildman–Crippen MR) is 75.8 cm³/mol. The highest BCUT2D eigenvalue weighted by molar-refractivity contribution is 6.30. The minimum Gasteiger partial charge on any atom is -0.384 e. The van der Waals surface area contributed by atoms with Crippen LogP contribution in [-0.2, 0) is 10.4 Å². The zero-order valence-corrected chi connectivity index (χ0v) is 12.9. The Morgan fingerprint density at radius 3 is 2.10 bits per heavy atom. The highest BCUT2D eigenvalue weighted by atomic mass is 35.5. The van der Waals surface area contributed by atoms with E-state index in [1.165, 1.54) is 6.92 Å². The molecule has 0 bridgehead atoms. The third-order valence-electron chi connectivity index (χ3n) is 4.34. The second-order valence-electron chi connectivity index (χ2n) is 5.80. The van der Waals surface area contributed by atoms with E-state index in [2.05, 4.69) is 0 Å². The summed E-state index contributed by atoms with van der Waals surface area (Å²) in [5.41, 5.74) is -2.04. The molecule has 1 amide bonds. The first-order chi connectivity index (χ1) is 9.67. The number of rotatable bonds is 1. The van der Waals surface area contributed by atoms with Crippen LogP contribution >= 0.6 is 11.6 Å². The Hall–Kier alpha value is -1.20. The third-order valence-corrected chi connectivity index (χ3v) is 4.56. The number of amides is 1. The molecule has 116 valence electrons. The van der Waals surface area contributed by atoms with Gasteiger partial charge in [0.25, 0.3) is 0 Å². The molecule has 3 atom stereocenters. The van der Waals surface area contributed by atoms with Crippen LogP contribution in [0.1, 0.15) is 26.3 Å². The number of carbonyl (C=O) groups is 1. The van der Waals surface area contributed by atoms with Gasteiger partial charge in [0.15, 0.2) is 0 Å². The molecule has 6 heteroatoms. The highest BCUT2D eigenvalue weighted by Gasteiger charge is 2.49. The van der Waals surface area contributed by atoms with Crippen molar-refractivity contribution < 1.29 is 18.7 Å². The largest absolute Gasteiger partial charge is 0.384 e. The molecular weight excluding hydrogens is 300 g/mol. The highest BCUT2D eigenvalue weighted by Crippen LogP contribution is 2.43. The summed E-state index contributed by atoms with van der Waals surface area (Å²) in [6, 6.07) is 1.99. The molecule has 1 fully saturated rings. The van der Waals surface area contributed by atoms with Gasteiger partial charge in [-0.1, -0.05) is 25.4 Å². The second-order valence-corrected chi connectivity index (χ2v) is 6.23. The molecule has 1 aromatic carbocycles. The fourth-order valence-corrected chi connectivity index (χ4v) is 3.37. The average Bonchev–Trinajstić information content (AvgIpc) is 2.34. The van der Waals surface area contributed by atoms with E-state index in [9.17, 15) is 18.7 Å². The van der Waals surface area contributed by atoms with Crippen molar-refractivity contribution in [1.29, 1.82) is 0 Å². The van der Waals surface area contributed by atoms with E-state index in [1.54, 1.807) is 18.7 Å². The van der Waals surface area contributed by atoms with Gasteiger partial charge in [0.2, 0.25) is 5.91 Å². The Labute approximate surface area is 127 Å². The molecule has 0 aliphatic carbocycles. The molecule has 1 heterocycles. The Balaban J connectivity index is 2.49. The standard InChI is InChI=1S/C15H18ClF2NO2/c1-8-6-19(10(3)20)7-9(2)15(8,21)14-12(17)4-11(16)5-13(14)18/h4-5,8-9,21H,6-7H2,1-3H3/t8-,9+,15-. The van der Waals surface area contributed by atoms with Gasteiger partial charge in [0.05, 0.1) is 5.56 Å². The van der Waals surface area contributed by atoms with Crippen LogP contribution in [0.15, 0.2) is 12.1 Å². The first-order valence-electron chi connectivity index (χ1n) is 6.80. The van der Waals surface area contributed by atoms with E-state index < -0.39 is 29.1 Å². The monoisotopic (exact) mass is 317 g/mol. The van der Waals surface area contributed by atoms with Crippen LogP contribution in [0.25, 0.3) is 0 Å². The first-order valence-corrected chi connectivity index (χ1v) is 7.18. The van der Waals surface area contributed by atoms with Crippen LogP contribution in [0.3, 0.4) is 0 Å². The van der Waals surface area contributed by atoms with Crippen molar-refractivity contribution in [3.8, 4) is 0 Å². The molecule has 0 radical (unpaired) electrons. The van der Waals surface area contributed by atoms with Gasteiger partial charge in [-0.2, -0.15) is 0 Å². The molecule has 1 aliphatic heterocycles. The van der Waals surface area contributed by atoms with Crippen LogP contribution in [-0.4, -0.2) is 29.0 Å². The molecule has 1 saturated heterocycles. The van der Waals surface area contributed by atoms with Crippen LogP contribution in [0, 0.1) is 23.5 Å². The number of piperidine rings is 1. The van der Waals surface area contributed by atoms with Gasteiger partial charge in [-0.15, -0.1) is 0 Å². The maximum Gasteiger partial charge on any atom is 0.219 e. The van der Waals surface area contributed by atoms with E-state index >= 15 is 0 Å². The summed E-state index contributed by atoms with van der Waals surface area (Å²) in [6.07, 6.45) is 0. The fourth-order valence-electron chi connectivity index (χ4n) is 3.17. The van der Waals surface area contributed by atoms with Gasteiger partial charge in [-0.25, -0.2) is 8.78 Å². The van der Waals surface area contributed by atoms with Crippen LogP contribution in [0.5, 0.6) is 0 Å². The molecule has 2 rings (SSSR count). The number of aliphatic hydroxyl groups is 1. The molecular formula is C15H18ClF2NO2. The number of hydrogen-bond acceptors (Lipinski definition) is 2. The molecule has 3 nitrogen and oxygen atoms in total. The van der Waals surface area contributed by atoms with E-state index in [1.807, 2.05) is 0 Å². The molecule has 0 saturated carbocycles. The molecule has 0 spiro atoms. The van der Waals surface area contributed by atoms with Gasteiger partial charge in [-0.05, 0) is 12.1 Å². The minimum atomic E-state index is -1.68. The number of hydrogen-bond donors (Lipinski definition) is 1. The average molecular weight is 318 g/mol. The lowest BCUT2D eigenvalue weighted by Crippen LogP contribution is -2.56. The molecule has 1 N–H and O–H groups in total. The van der Waals surface area contributed by atoms with E-state index in [0.29, 0.717) is 0 Å². The Morgan fingerprint density at radius 1 is 1.29 bits per heavy atom. The Morgan fingerprint density at radius 2 is 1.71 bits per heavy atom. The van der Waals surface area contributed by atoms with Crippen LogP contribution < -0.4 is 0 Å². The van der Waals surface area contributed by atoms with Crippen molar-refractivity contribution in [2.24, 2.45) is 11.8 Å². The van der Waals surface area contributed by atoms with Crippen molar-refractivity contribution in [3.63, 3.8) is 0 Å². The summed E-state index contributed by atoms with van der Waals surface area (Å²) >= 11 is 5.63. The molecule has 0 unspecified atom stereocenters. The van der Waals surface area contributed by atoms with Crippen molar-refractivity contribution in [2.75, 3.05) is 13.1 Å². The van der Waals surface area contributed by atoms with Gasteiger partial charge < -0.3 is 10.0 Å². The topological polar surface area (TPSA) is 40.5 Å². The summed E-state index contributed by atoms with van der Waals surface area (Å²) in [4.78, 5) is 13.1. The third kappa shape index (κ3) is 2.64. The molecule has 21 heavy (non-hydrogen) atoms. The van der Waals surface area contributed by atoms with Crippen molar-refractivity contribution >= 4 is 17.5 Å². The number of benzene rings is 1. The lowest BCUT2D eigenvalue weighted by atomic mass is 9.70. The van der Waals surface area contributed by atoms with Crippen molar-refractivity contribution in [3.05, 3.63) is 34.4 Å². The Kier molecular flexibility index (Phi) is 4.26. The van der Waals surface area contributed by atoms with Crippen LogP contribution in [0.4, 0.5) is 8.78 Å². The molecule has 1 aliphatic rings. The summed E-state index contributed by atoms with van der Waals surface area (Å²) in [5.74, 6) is -2.85. The SMILES string of the molecule is CC(=O)N1C[C@@H](C)[C@](O)(c2c(F)cc(Cl)cc2F)[C@@H](C)C1. The smallest absolute Gasteiger partial charge is 0.219 e. The number of carbonyl (C=O) groups excluding carboxylic acids is 1. The molecule has 1 aromatic rings. The zero-order chi connectivity index (χ0) is 15.9. The first kappa shape index (κ1) is 16.2. The maximum atomic E-state index is 14.2. The van der Waals surface area contributed by atoms with Gasteiger partial charge >= 0.3 is 0 Å².